The number of carbonyl (C=O) groups is 9. The summed E-state index contributed by atoms with van der Waals surface area (Å²) in [7, 11) is 1.36. The number of nitrogens with zero attached hydrogens (tertiary/aromatic N) is 3. The molecule has 2 aromatic carbocycles. The first kappa shape index (κ1) is 66.4. The summed E-state index contributed by atoms with van der Waals surface area (Å²) in [4.78, 5) is 144. The van der Waals surface area contributed by atoms with Gasteiger partial charge in [0.05, 0.1) is 48.1 Å². The van der Waals surface area contributed by atoms with Crippen molar-refractivity contribution < 1.29 is 77.0 Å². The molecule has 0 bridgehead atoms. The number of hydrogen-bond acceptors (Lipinski definition) is 18. The molecule has 8 rings (SSSR count). The summed E-state index contributed by atoms with van der Waals surface area (Å²) in [6.07, 6.45) is -5.15. The van der Waals surface area contributed by atoms with Crippen molar-refractivity contribution in [3.05, 3.63) is 87.7 Å². The second kappa shape index (κ2) is 28.3. The molecular weight excluding hydrogens is 1160 g/mol. The molecule has 6 heterocycles. The number of primary amides is 1. The average Bonchev–Trinajstić information content (AvgIpc) is 1.72. The minimum Gasteiger partial charge on any atom is -0.462 e. The molecule has 4 aliphatic rings. The molecule has 2 saturated heterocycles. The third kappa shape index (κ3) is 15.0. The number of methoxy groups -OCH3 is 1. The number of rotatable bonds is 24. The van der Waals surface area contributed by atoms with Gasteiger partial charge in [0.25, 0.3) is 5.56 Å². The molecule has 480 valence electrons. The van der Waals surface area contributed by atoms with Gasteiger partial charge >= 0.3 is 18.0 Å². The minimum absolute atomic E-state index is 0.0126. The smallest absolute Gasteiger partial charge is 0.355 e. The zero-order valence-electron chi connectivity index (χ0n) is 51.3. The maximum absolute atomic E-state index is 14.4. The van der Waals surface area contributed by atoms with E-state index in [1.54, 1.807) is 59.7 Å². The molecule has 27 heteroatoms. The van der Waals surface area contributed by atoms with Gasteiger partial charge in [-0.1, -0.05) is 66.7 Å². The Morgan fingerprint density at radius 2 is 1.52 bits per heavy atom. The van der Waals surface area contributed by atoms with E-state index < -0.39 is 144 Å². The van der Waals surface area contributed by atoms with Crippen LogP contribution in [0.2, 0.25) is 0 Å². The monoisotopic (exact) mass is 1240 g/mol. The highest BCUT2D eigenvalue weighted by molar-refractivity contribution is 5.99. The third-order valence-corrected chi connectivity index (χ3v) is 16.3. The molecule has 2 aromatic heterocycles. The van der Waals surface area contributed by atoms with Crippen LogP contribution in [0.25, 0.3) is 22.3 Å². The molecule has 11 atom stereocenters. The predicted molar refractivity (Wildman–Crippen MR) is 320 cm³/mol. The van der Waals surface area contributed by atoms with Crippen molar-refractivity contribution >= 4 is 70.0 Å². The number of cyclic esters (lactones) is 1. The number of ether oxygens (including phenoxy) is 5. The lowest BCUT2D eigenvalue weighted by Gasteiger charge is -2.40. The number of benzene rings is 2. The van der Waals surface area contributed by atoms with Gasteiger partial charge in [0.1, 0.15) is 60.9 Å². The van der Waals surface area contributed by atoms with Crippen molar-refractivity contribution in [2.75, 3.05) is 25.5 Å². The van der Waals surface area contributed by atoms with E-state index in [-0.39, 0.29) is 61.9 Å². The Labute approximate surface area is 513 Å². The van der Waals surface area contributed by atoms with Crippen LogP contribution in [0.5, 0.6) is 5.75 Å². The first-order chi connectivity index (χ1) is 42.2. The second-order valence-electron chi connectivity index (χ2n) is 24.1. The standard InChI is InChI=1S/C62H80N10O17/c1-10-62(39-25-45-49-35(24-34-14-11-12-15-40(34)67-49)28-72(45)57(81)38(39)29-86-60(62)83)89-58(82)48(32(6)7)70-55(79)43(26-46(63)73)68-54(78)42(23-31(4)5)66-47(74)27-64-53(77)41(22-30(2)3)69-56(80)44-16-13-21-71(44)61(84)65-36-17-19-37(20-18-36)88-59-51(76)52(85-9)50(75)33(8)87-59/h11-12,14-15,17-20,24-25,30-33,41-44,48,50-52,59,75-76H,10,13,16,21-23,26-29H2,1-9H3,(H2,63,73)(H,64,77)(H,65,84)(H,66,74)(H,68,78)(H,69,80)(H,70,79)/t33-,41+,42-,43-,44-,48-,50+,51+,52+,59?,62?/m1/s1. The number of likely N-dealkylation sites (tertiary alicyclic amines) is 1. The number of aliphatic hydroxyl groups is 2. The molecule has 89 heavy (non-hydrogen) atoms. The van der Waals surface area contributed by atoms with Crippen LogP contribution in [0.15, 0.2) is 65.5 Å². The number of esters is 2. The van der Waals surface area contributed by atoms with Crippen molar-refractivity contribution in [3.63, 3.8) is 0 Å². The van der Waals surface area contributed by atoms with E-state index in [0.717, 1.165) is 10.9 Å². The highest BCUT2D eigenvalue weighted by Crippen LogP contribution is 2.41. The minimum atomic E-state index is -2.14. The summed E-state index contributed by atoms with van der Waals surface area (Å²) >= 11 is 0. The SMILES string of the molecule is CCC1(OC(=O)[C@H](NC(=O)[C@@H](CC(N)=O)NC(=O)[C@@H](CC(C)C)NC(=O)CNC(=O)[C@H](CC(C)C)NC(=O)[C@H]2CCCN2C(=O)Nc2ccc(OC3O[C@H](C)[C@H](O)[C@H](OC)[C@@H]3O)cc2)C(C)C)C(=O)OCc2c1cc1n(c2=O)Cc2cc3ccccc3nc2-1. The van der Waals surface area contributed by atoms with E-state index in [0.29, 0.717) is 41.2 Å². The number of hydrogen-bond donors (Lipinski definition) is 9. The fraction of sp³-hybridized carbons (Fsp3) is 0.532. The van der Waals surface area contributed by atoms with Gasteiger partial charge in [0, 0.05) is 35.9 Å². The Kier molecular flexibility index (Phi) is 21.1. The number of fused-ring (bicyclic) bond motifs is 5. The van der Waals surface area contributed by atoms with Crippen molar-refractivity contribution in [3.8, 4) is 17.1 Å². The molecule has 2 unspecified atom stereocenters. The second-order valence-corrected chi connectivity index (χ2v) is 24.1. The molecule has 10 N–H and O–H groups in total. The third-order valence-electron chi connectivity index (χ3n) is 16.3. The molecule has 0 spiro atoms. The molecule has 0 radical (unpaired) electrons. The Hall–Kier alpha value is -8.53. The van der Waals surface area contributed by atoms with Crippen LogP contribution in [-0.4, -0.2) is 159 Å². The summed E-state index contributed by atoms with van der Waals surface area (Å²) in [5.74, 6) is -7.95. The van der Waals surface area contributed by atoms with Crippen LogP contribution in [0.3, 0.4) is 0 Å². The Morgan fingerprint density at radius 1 is 0.843 bits per heavy atom. The maximum atomic E-state index is 14.4. The van der Waals surface area contributed by atoms with Crippen LogP contribution >= 0.6 is 0 Å². The van der Waals surface area contributed by atoms with E-state index >= 15 is 0 Å². The number of aliphatic hydroxyl groups excluding tert-OH is 2. The number of urea groups is 1. The van der Waals surface area contributed by atoms with Crippen LogP contribution in [-0.2, 0) is 76.1 Å². The van der Waals surface area contributed by atoms with Crippen molar-refractivity contribution in [2.45, 2.75) is 174 Å². The molecule has 8 amide bonds. The van der Waals surface area contributed by atoms with Gasteiger partial charge in [-0.2, -0.15) is 0 Å². The van der Waals surface area contributed by atoms with E-state index in [2.05, 4.69) is 31.9 Å². The Balaban J connectivity index is 0.877. The van der Waals surface area contributed by atoms with Crippen molar-refractivity contribution in [1.82, 2.24) is 41.0 Å². The van der Waals surface area contributed by atoms with Gasteiger partial charge in [-0.05, 0) is 99.2 Å². The Bertz CT molecular complexity index is 3410. The van der Waals surface area contributed by atoms with Crippen LogP contribution in [0.4, 0.5) is 10.5 Å². The quantitative estimate of drug-likeness (QED) is 0.0398. The van der Waals surface area contributed by atoms with E-state index in [1.165, 1.54) is 28.7 Å². The number of nitrogens with one attached hydrogen (secondary N) is 6. The first-order valence-corrected chi connectivity index (χ1v) is 29.9. The molecule has 0 aliphatic carbocycles. The lowest BCUT2D eigenvalue weighted by Crippen LogP contribution is -2.59. The fourth-order valence-electron chi connectivity index (χ4n) is 11.6. The molecule has 4 aliphatic heterocycles. The predicted octanol–water partition coefficient (Wildman–Crippen LogP) is 1.87. The highest BCUT2D eigenvalue weighted by atomic mass is 16.7. The number of para-hydroxylation sites is 1. The van der Waals surface area contributed by atoms with Crippen LogP contribution in [0.1, 0.15) is 111 Å². The Morgan fingerprint density at radius 3 is 2.17 bits per heavy atom. The van der Waals surface area contributed by atoms with E-state index in [9.17, 15) is 58.2 Å². The zero-order valence-corrected chi connectivity index (χ0v) is 51.3. The zero-order chi connectivity index (χ0) is 64.8. The number of aromatic nitrogens is 2. The van der Waals surface area contributed by atoms with Gasteiger partial charge in [-0.25, -0.2) is 19.4 Å². The normalized spacial score (nSPS) is 22.4. The molecule has 27 nitrogen and oxygen atoms in total. The van der Waals surface area contributed by atoms with Crippen LogP contribution < -0.4 is 47.9 Å². The summed E-state index contributed by atoms with van der Waals surface area (Å²) in [6.45, 7) is 12.9. The average molecular weight is 1240 g/mol. The number of nitrogens with two attached hydrogens (primary N) is 1. The summed E-state index contributed by atoms with van der Waals surface area (Å²) in [6, 6.07) is 9.95. The fourth-order valence-corrected chi connectivity index (χ4v) is 11.6. The lowest BCUT2D eigenvalue weighted by molar-refractivity contribution is -0.272. The maximum Gasteiger partial charge on any atom is 0.355 e. The van der Waals surface area contributed by atoms with Gasteiger partial charge in [0.15, 0.2) is 0 Å². The van der Waals surface area contributed by atoms with Gasteiger partial charge in [-0.15, -0.1) is 0 Å². The largest absolute Gasteiger partial charge is 0.462 e. The number of amides is 8. The number of carbonyl (C=O) groups excluding carboxylic acids is 9. The molecular formula is C62H80N10O17. The van der Waals surface area contributed by atoms with Crippen molar-refractivity contribution in [2.24, 2.45) is 23.5 Å². The van der Waals surface area contributed by atoms with Gasteiger partial charge < -0.3 is 81.0 Å². The summed E-state index contributed by atoms with van der Waals surface area (Å²) < 4.78 is 29.8. The molecule has 0 saturated carbocycles. The lowest BCUT2D eigenvalue weighted by atomic mass is 9.85. The van der Waals surface area contributed by atoms with E-state index in [1.807, 2.05) is 44.2 Å². The highest BCUT2D eigenvalue weighted by Gasteiger charge is 2.52. The molecule has 4 aromatic rings. The topological polar surface area (TPSA) is 377 Å². The summed E-state index contributed by atoms with van der Waals surface area (Å²) in [5, 5.41) is 37.5. The van der Waals surface area contributed by atoms with Gasteiger partial charge in [-0.3, -0.25) is 33.6 Å². The van der Waals surface area contributed by atoms with E-state index in [4.69, 9.17) is 34.4 Å². The number of anilines is 1. The van der Waals surface area contributed by atoms with Crippen LogP contribution in [0, 0.1) is 17.8 Å². The number of pyridine rings is 2. The van der Waals surface area contributed by atoms with Crippen molar-refractivity contribution in [1.29, 1.82) is 0 Å². The summed E-state index contributed by atoms with van der Waals surface area (Å²) in [5.41, 5.74) is 5.92. The molecule has 2 fully saturated rings. The van der Waals surface area contributed by atoms with Gasteiger partial charge in [0.2, 0.25) is 47.3 Å². The first-order valence-electron chi connectivity index (χ1n) is 29.9.